The molecule has 1 N–H and O–H groups in total. The van der Waals surface area contributed by atoms with Crippen molar-refractivity contribution in [2.24, 2.45) is 17.8 Å². The second-order valence-electron chi connectivity index (χ2n) is 8.31. The molecule has 154 valence electrons. The van der Waals surface area contributed by atoms with Crippen LogP contribution in [0.5, 0.6) is 0 Å². The number of aromatic nitrogens is 1. The summed E-state index contributed by atoms with van der Waals surface area (Å²) < 4.78 is 11.9. The fraction of sp³-hybridized carbons (Fsp3) is 0.429. The van der Waals surface area contributed by atoms with Crippen molar-refractivity contribution in [2.45, 2.75) is 37.1 Å². The van der Waals surface area contributed by atoms with Gasteiger partial charge in [-0.2, -0.15) is 0 Å². The molecule has 0 aromatic carbocycles. The van der Waals surface area contributed by atoms with E-state index in [0.29, 0.717) is 10.9 Å². The summed E-state index contributed by atoms with van der Waals surface area (Å²) in [5, 5.41) is 5.08. The minimum absolute atomic E-state index is 0.0663. The smallest absolute Gasteiger partial charge is 0.233 e. The number of rotatable bonds is 3. The second-order valence-corrected chi connectivity index (χ2v) is 9.20. The third-order valence-electron chi connectivity index (χ3n) is 6.92. The Labute approximate surface area is 175 Å². The van der Waals surface area contributed by atoms with E-state index in [1.807, 2.05) is 19.1 Å². The van der Waals surface area contributed by atoms with Crippen LogP contribution in [0.4, 0.5) is 5.13 Å². The van der Waals surface area contributed by atoms with Crippen molar-refractivity contribution in [3.05, 3.63) is 47.9 Å². The van der Waals surface area contributed by atoms with Gasteiger partial charge in [0, 0.05) is 23.9 Å². The number of ether oxygens (including phenoxy) is 1. The van der Waals surface area contributed by atoms with Crippen LogP contribution >= 0.6 is 11.3 Å². The van der Waals surface area contributed by atoms with Gasteiger partial charge < -0.3 is 19.4 Å². The molecule has 0 unspecified atom stereocenters. The van der Waals surface area contributed by atoms with Crippen molar-refractivity contribution >= 4 is 34.1 Å². The van der Waals surface area contributed by atoms with Gasteiger partial charge in [-0.3, -0.25) is 14.4 Å². The highest BCUT2D eigenvalue weighted by Crippen LogP contribution is 2.59. The van der Waals surface area contributed by atoms with Gasteiger partial charge in [-0.05, 0) is 12.1 Å². The Morgan fingerprint density at radius 3 is 3.00 bits per heavy atom. The highest BCUT2D eigenvalue weighted by molar-refractivity contribution is 7.13. The van der Waals surface area contributed by atoms with Crippen LogP contribution in [0.25, 0.3) is 0 Å². The van der Waals surface area contributed by atoms with E-state index in [1.165, 1.54) is 11.3 Å². The number of ketones is 1. The molecule has 3 fully saturated rings. The first-order chi connectivity index (χ1) is 14.5. The van der Waals surface area contributed by atoms with E-state index in [4.69, 9.17) is 9.15 Å². The number of nitrogens with one attached hydrogen (secondary N) is 1. The molecular weight excluding hydrogens is 406 g/mol. The van der Waals surface area contributed by atoms with Crippen molar-refractivity contribution in [2.75, 3.05) is 5.32 Å². The number of carbonyl (C=O) groups excluding carboxylic acids is 3. The maximum atomic E-state index is 13.7. The van der Waals surface area contributed by atoms with Crippen molar-refractivity contribution < 1.29 is 23.5 Å². The van der Waals surface area contributed by atoms with E-state index >= 15 is 0 Å². The molecule has 4 aliphatic rings. The van der Waals surface area contributed by atoms with Crippen LogP contribution in [0.2, 0.25) is 0 Å². The number of hydrogen-bond donors (Lipinski definition) is 1. The van der Waals surface area contributed by atoms with Gasteiger partial charge in [-0.25, -0.2) is 4.98 Å². The summed E-state index contributed by atoms with van der Waals surface area (Å²) in [6.07, 6.45) is 6.61. The quantitative estimate of drug-likeness (QED) is 0.757. The molecule has 30 heavy (non-hydrogen) atoms. The van der Waals surface area contributed by atoms with E-state index < -0.39 is 41.5 Å². The standard InChI is InChI=1S/C21H19N3O5S/c1-10-12(25)9-11(13-3-2-7-28-13)24-17(10)21-5-4-14(29-21)15(16(21)19(24)27)18(26)23-20-22-6-8-30-20/h2-8,10-11,14-17H,9H2,1H3,(H,22,23,26)/t10-,11-,14-,15+,16+,17-,21+/m1/s1. The number of fused-ring (bicyclic) bond motifs is 2. The highest BCUT2D eigenvalue weighted by Gasteiger charge is 2.74. The maximum absolute atomic E-state index is 13.7. The number of amides is 2. The van der Waals surface area contributed by atoms with Gasteiger partial charge in [0.15, 0.2) is 5.13 Å². The predicted octanol–water partition coefficient (Wildman–Crippen LogP) is 2.18. The summed E-state index contributed by atoms with van der Waals surface area (Å²) >= 11 is 1.32. The molecule has 0 saturated carbocycles. The summed E-state index contributed by atoms with van der Waals surface area (Å²) in [6.45, 7) is 1.84. The molecule has 2 amide bonds. The van der Waals surface area contributed by atoms with Crippen LogP contribution < -0.4 is 5.32 Å². The topological polar surface area (TPSA) is 102 Å². The van der Waals surface area contributed by atoms with Crippen LogP contribution in [0, 0.1) is 17.8 Å². The number of thiazole rings is 1. The van der Waals surface area contributed by atoms with Gasteiger partial charge >= 0.3 is 0 Å². The normalized spacial score (nSPS) is 38.8. The lowest BCUT2D eigenvalue weighted by atomic mass is 9.70. The van der Waals surface area contributed by atoms with Gasteiger partial charge in [0.05, 0.1) is 36.3 Å². The maximum Gasteiger partial charge on any atom is 0.233 e. The predicted molar refractivity (Wildman–Crippen MR) is 105 cm³/mol. The van der Waals surface area contributed by atoms with Gasteiger partial charge in [0.2, 0.25) is 11.8 Å². The van der Waals surface area contributed by atoms with E-state index in [0.717, 1.165) is 0 Å². The van der Waals surface area contributed by atoms with Crippen molar-refractivity contribution in [3.8, 4) is 0 Å². The molecule has 6 heterocycles. The fourth-order valence-corrected chi connectivity index (χ4v) is 6.27. The van der Waals surface area contributed by atoms with Gasteiger partial charge in [-0.1, -0.05) is 19.1 Å². The average Bonchev–Trinajstić information content (AvgIpc) is 3.52. The van der Waals surface area contributed by atoms with E-state index in [-0.39, 0.29) is 24.0 Å². The van der Waals surface area contributed by atoms with Crippen molar-refractivity contribution in [3.63, 3.8) is 0 Å². The van der Waals surface area contributed by atoms with Crippen LogP contribution in [-0.2, 0) is 19.1 Å². The van der Waals surface area contributed by atoms with Crippen LogP contribution in [0.15, 0.2) is 46.5 Å². The Kier molecular flexibility index (Phi) is 3.67. The summed E-state index contributed by atoms with van der Waals surface area (Å²) in [6, 6.07) is 2.58. The van der Waals surface area contributed by atoms with Gasteiger partial charge in [0.1, 0.15) is 17.1 Å². The Morgan fingerprint density at radius 1 is 1.40 bits per heavy atom. The molecule has 8 nitrogen and oxygen atoms in total. The van der Waals surface area contributed by atoms with Gasteiger partial charge in [-0.15, -0.1) is 11.3 Å². The largest absolute Gasteiger partial charge is 0.467 e. The zero-order chi connectivity index (χ0) is 20.6. The summed E-state index contributed by atoms with van der Waals surface area (Å²) in [5.41, 5.74) is -0.979. The molecule has 3 saturated heterocycles. The Balaban J connectivity index is 1.41. The molecular formula is C21H19N3O5S. The molecule has 9 heteroatoms. The molecule has 1 spiro atoms. The van der Waals surface area contributed by atoms with Crippen LogP contribution in [-0.4, -0.2) is 45.2 Å². The first kappa shape index (κ1) is 18.0. The van der Waals surface area contributed by atoms with Crippen LogP contribution in [0.3, 0.4) is 0 Å². The number of anilines is 1. The van der Waals surface area contributed by atoms with E-state index in [2.05, 4.69) is 10.3 Å². The lowest BCUT2D eigenvalue weighted by Crippen LogP contribution is -2.55. The molecule has 4 aliphatic heterocycles. The number of nitrogens with zero attached hydrogens (tertiary/aromatic N) is 2. The number of piperidine rings is 1. The number of Topliss-reactive ketones (excluding diaryl/α,β-unsaturated/α-hetero) is 1. The van der Waals surface area contributed by atoms with Crippen molar-refractivity contribution in [1.82, 2.24) is 9.88 Å². The number of hydrogen-bond acceptors (Lipinski definition) is 7. The Morgan fingerprint density at radius 2 is 2.27 bits per heavy atom. The fourth-order valence-electron chi connectivity index (χ4n) is 5.74. The van der Waals surface area contributed by atoms with Crippen molar-refractivity contribution in [1.29, 1.82) is 0 Å². The Bertz CT molecular complexity index is 1060. The average molecular weight is 425 g/mol. The SMILES string of the molecule is C[C@@H]1C(=O)C[C@H](c2ccco2)N2C(=O)[C@@H]3[C@@H](C(=O)Nc4nccs4)[C@H]4C=C[C@@]3(O4)[C@@H]12. The molecule has 0 radical (unpaired) electrons. The number of carbonyl (C=O) groups is 3. The van der Waals surface area contributed by atoms with E-state index in [1.54, 1.807) is 34.9 Å². The first-order valence-corrected chi connectivity index (χ1v) is 10.8. The third kappa shape index (κ3) is 2.19. The molecule has 6 rings (SSSR count). The first-order valence-electron chi connectivity index (χ1n) is 9.97. The summed E-state index contributed by atoms with van der Waals surface area (Å²) in [7, 11) is 0. The monoisotopic (exact) mass is 425 g/mol. The third-order valence-corrected chi connectivity index (χ3v) is 7.61. The molecule has 2 bridgehead atoms. The minimum atomic E-state index is -0.979. The lowest BCUT2D eigenvalue weighted by Gasteiger charge is -2.43. The Hall–Kier alpha value is -2.78. The molecule has 7 atom stereocenters. The minimum Gasteiger partial charge on any atom is -0.467 e. The van der Waals surface area contributed by atoms with Gasteiger partial charge in [0.25, 0.3) is 0 Å². The summed E-state index contributed by atoms with van der Waals surface area (Å²) in [5.74, 6) is -1.54. The number of furan rings is 1. The lowest BCUT2D eigenvalue weighted by molar-refractivity contribution is -0.147. The highest BCUT2D eigenvalue weighted by atomic mass is 32.1. The summed E-state index contributed by atoms with van der Waals surface area (Å²) in [4.78, 5) is 45.6. The second kappa shape index (κ2) is 6.12. The molecule has 0 aliphatic carbocycles. The van der Waals surface area contributed by atoms with E-state index in [9.17, 15) is 14.4 Å². The molecule has 2 aromatic heterocycles. The zero-order valence-electron chi connectivity index (χ0n) is 16.1. The molecule has 2 aromatic rings. The van der Waals surface area contributed by atoms with Crippen LogP contribution in [0.1, 0.15) is 25.1 Å². The zero-order valence-corrected chi connectivity index (χ0v) is 16.9.